The van der Waals surface area contributed by atoms with E-state index in [1.807, 2.05) is 0 Å². The van der Waals surface area contributed by atoms with Gasteiger partial charge in [0.1, 0.15) is 5.75 Å². The summed E-state index contributed by atoms with van der Waals surface area (Å²) in [6.07, 6.45) is -4.77. The number of guanidine groups is 1. The number of nitrogens with zero attached hydrogens (tertiary/aromatic N) is 1. The molecule has 0 saturated carbocycles. The number of hydrogen-bond acceptors (Lipinski definition) is 4. The van der Waals surface area contributed by atoms with E-state index in [0.717, 1.165) is 0 Å². The van der Waals surface area contributed by atoms with Crippen LogP contribution in [0.25, 0.3) is 0 Å². The van der Waals surface area contributed by atoms with E-state index in [-0.39, 0.29) is 60.3 Å². The van der Waals surface area contributed by atoms with Crippen LogP contribution in [0.2, 0.25) is 0 Å². The Morgan fingerprint density at radius 1 is 1.24 bits per heavy atom. The third-order valence-corrected chi connectivity index (χ3v) is 4.72. The lowest BCUT2D eigenvalue weighted by Gasteiger charge is -2.15. The summed E-state index contributed by atoms with van der Waals surface area (Å²) >= 11 is 0. The third kappa shape index (κ3) is 9.72. The Kier molecular flexibility index (Phi) is 10.2. The Morgan fingerprint density at radius 3 is 2.44 bits per heavy atom. The summed E-state index contributed by atoms with van der Waals surface area (Å²) < 4.78 is 63.9. The highest BCUT2D eigenvalue weighted by atomic mass is 127. The van der Waals surface area contributed by atoms with Gasteiger partial charge in [0, 0.05) is 31.5 Å². The molecule has 0 aliphatic carbocycles. The number of aliphatic imine (C=N–C) groups is 1. The number of hydrogen-bond donors (Lipinski definition) is 2. The van der Waals surface area contributed by atoms with Gasteiger partial charge in [-0.3, -0.25) is 4.99 Å². The number of halogens is 4. The minimum Gasteiger partial charge on any atom is -0.405 e. The lowest BCUT2D eigenvalue weighted by atomic mass is 10.2. The fourth-order valence-corrected chi connectivity index (χ4v) is 2.44. The van der Waals surface area contributed by atoms with Gasteiger partial charge >= 0.3 is 6.36 Å². The summed E-state index contributed by atoms with van der Waals surface area (Å²) in [5, 5.41) is 5.61. The maximum absolute atomic E-state index is 12.4. The van der Waals surface area contributed by atoms with E-state index >= 15 is 0 Å². The first-order valence-electron chi connectivity index (χ1n) is 7.15. The molecular weight excluding hydrogens is 474 g/mol. The fraction of sp³-hybridized carbons (Fsp3) is 0.500. The number of nitrogens with one attached hydrogen (secondary N) is 2. The van der Waals surface area contributed by atoms with Crippen LogP contribution < -0.4 is 15.4 Å². The van der Waals surface area contributed by atoms with Gasteiger partial charge in [0.2, 0.25) is 0 Å². The van der Waals surface area contributed by atoms with Crippen LogP contribution in [0.5, 0.6) is 5.75 Å². The van der Waals surface area contributed by atoms with Crippen molar-refractivity contribution in [2.45, 2.75) is 19.8 Å². The number of rotatable bonds is 7. The highest BCUT2D eigenvalue weighted by Crippen LogP contribution is 2.25. The van der Waals surface area contributed by atoms with Crippen molar-refractivity contribution in [3.63, 3.8) is 0 Å². The molecule has 0 aromatic heterocycles. The van der Waals surface area contributed by atoms with Gasteiger partial charge in [-0.15, -0.1) is 37.1 Å². The summed E-state index contributed by atoms with van der Waals surface area (Å²) in [6.45, 7) is 1.74. The molecule has 0 bridgehead atoms. The van der Waals surface area contributed by atoms with Crippen molar-refractivity contribution in [3.05, 3.63) is 29.8 Å². The van der Waals surface area contributed by atoms with Crippen molar-refractivity contribution in [1.29, 1.82) is 0 Å². The smallest absolute Gasteiger partial charge is 0.405 e. The molecule has 0 spiro atoms. The molecule has 0 aliphatic rings. The summed E-state index contributed by atoms with van der Waals surface area (Å²) in [6, 6.07) is 5.73. The number of benzene rings is 1. The topological polar surface area (TPSA) is 79.8 Å². The third-order valence-electron chi connectivity index (χ3n) is 3.01. The molecule has 0 fully saturated rings. The molecule has 0 saturated heterocycles. The molecule has 0 heterocycles. The summed E-state index contributed by atoms with van der Waals surface area (Å²) in [7, 11) is -1.63. The zero-order valence-corrected chi connectivity index (χ0v) is 16.9. The normalized spacial score (nSPS) is 12.3. The predicted molar refractivity (Wildman–Crippen MR) is 101 cm³/mol. The van der Waals surface area contributed by atoms with Gasteiger partial charge in [-0.25, -0.2) is 8.42 Å². The Morgan fingerprint density at radius 2 is 1.88 bits per heavy atom. The average Bonchev–Trinajstić information content (AvgIpc) is 2.50. The minimum atomic E-state index is -4.77. The highest BCUT2D eigenvalue weighted by Gasteiger charge is 2.31. The van der Waals surface area contributed by atoms with Crippen LogP contribution in [-0.4, -0.2) is 45.8 Å². The van der Waals surface area contributed by atoms with Gasteiger partial charge in [0.05, 0.1) is 5.75 Å². The summed E-state index contributed by atoms with van der Waals surface area (Å²) in [4.78, 5) is 3.89. The minimum absolute atomic E-state index is 0. The molecular formula is C14H21F3IN3O3S. The van der Waals surface area contributed by atoms with Crippen LogP contribution >= 0.6 is 24.0 Å². The lowest BCUT2D eigenvalue weighted by Crippen LogP contribution is -2.39. The first kappa shape index (κ1) is 23.8. The van der Waals surface area contributed by atoms with Gasteiger partial charge in [0.15, 0.2) is 15.8 Å². The number of sulfone groups is 1. The fourth-order valence-electron chi connectivity index (χ4n) is 1.74. The van der Waals surface area contributed by atoms with Crippen LogP contribution in [0.1, 0.15) is 12.5 Å². The summed E-state index contributed by atoms with van der Waals surface area (Å²) in [5.41, 5.74) is 0.291. The van der Waals surface area contributed by atoms with Gasteiger partial charge in [-0.1, -0.05) is 25.1 Å². The molecule has 0 amide bonds. The molecule has 0 unspecified atom stereocenters. The first-order chi connectivity index (χ1) is 11.2. The molecule has 6 nitrogen and oxygen atoms in total. The van der Waals surface area contributed by atoms with E-state index < -0.39 is 16.2 Å². The first-order valence-corrected chi connectivity index (χ1v) is 8.97. The molecule has 0 radical (unpaired) electrons. The lowest BCUT2D eigenvalue weighted by molar-refractivity contribution is -0.274. The van der Waals surface area contributed by atoms with Gasteiger partial charge < -0.3 is 15.4 Å². The van der Waals surface area contributed by atoms with Gasteiger partial charge in [-0.05, 0) is 6.07 Å². The van der Waals surface area contributed by atoms with E-state index in [1.54, 1.807) is 13.0 Å². The van der Waals surface area contributed by atoms with Crippen molar-refractivity contribution < 1.29 is 26.3 Å². The van der Waals surface area contributed by atoms with Gasteiger partial charge in [-0.2, -0.15) is 0 Å². The quantitative estimate of drug-likeness (QED) is 0.345. The van der Waals surface area contributed by atoms with Crippen LogP contribution in [0.15, 0.2) is 29.3 Å². The van der Waals surface area contributed by atoms with Crippen molar-refractivity contribution in [3.8, 4) is 5.75 Å². The summed E-state index contributed by atoms with van der Waals surface area (Å²) in [5.74, 6) is -0.0365. The molecule has 144 valence electrons. The van der Waals surface area contributed by atoms with Crippen LogP contribution in [-0.2, 0) is 16.4 Å². The van der Waals surface area contributed by atoms with Crippen molar-refractivity contribution in [1.82, 2.24) is 10.6 Å². The molecule has 11 heteroatoms. The van der Waals surface area contributed by atoms with E-state index in [1.165, 1.54) is 25.2 Å². The second-order valence-corrected chi connectivity index (χ2v) is 7.22. The molecule has 1 rings (SSSR count). The zero-order chi connectivity index (χ0) is 18.2. The number of para-hydroxylation sites is 1. The van der Waals surface area contributed by atoms with Crippen LogP contribution in [0, 0.1) is 0 Å². The van der Waals surface area contributed by atoms with E-state index in [9.17, 15) is 21.6 Å². The van der Waals surface area contributed by atoms with Crippen molar-refractivity contribution >= 4 is 39.8 Å². The molecule has 0 atom stereocenters. The van der Waals surface area contributed by atoms with Crippen LogP contribution in [0.3, 0.4) is 0 Å². The Balaban J connectivity index is 0.00000576. The molecule has 25 heavy (non-hydrogen) atoms. The Hall–Kier alpha value is -1.24. The monoisotopic (exact) mass is 495 g/mol. The predicted octanol–water partition coefficient (Wildman–Crippen LogP) is 2.30. The second kappa shape index (κ2) is 10.7. The number of alkyl halides is 3. The standard InChI is InChI=1S/C14H20F3N3O3S.HI/c1-3-24(21,22)9-8-19-13(18-2)20-10-11-6-4-5-7-12(11)23-14(15,16)17;/h4-7H,3,8-10H2,1-2H3,(H2,18,19,20);1H. The van der Waals surface area contributed by atoms with Crippen molar-refractivity contribution in [2.75, 3.05) is 25.1 Å². The molecule has 1 aromatic rings. The Bertz CT molecular complexity index is 667. The molecule has 1 aromatic carbocycles. The van der Waals surface area contributed by atoms with Crippen molar-refractivity contribution in [2.24, 2.45) is 4.99 Å². The highest BCUT2D eigenvalue weighted by molar-refractivity contribution is 14.0. The van der Waals surface area contributed by atoms with Crippen LogP contribution in [0.4, 0.5) is 13.2 Å². The molecule has 0 aliphatic heterocycles. The van der Waals surface area contributed by atoms with E-state index in [0.29, 0.717) is 5.56 Å². The maximum atomic E-state index is 12.4. The molecule has 2 N–H and O–H groups in total. The Labute approximate surface area is 162 Å². The second-order valence-electron chi connectivity index (χ2n) is 4.74. The average molecular weight is 495 g/mol. The zero-order valence-electron chi connectivity index (χ0n) is 13.8. The number of ether oxygens (including phenoxy) is 1. The van der Waals surface area contributed by atoms with E-state index in [2.05, 4.69) is 20.4 Å². The SMILES string of the molecule is CCS(=O)(=O)CCNC(=NC)NCc1ccccc1OC(F)(F)F.I. The largest absolute Gasteiger partial charge is 0.573 e. The maximum Gasteiger partial charge on any atom is 0.573 e. The van der Waals surface area contributed by atoms with Gasteiger partial charge in [0.25, 0.3) is 0 Å². The van der Waals surface area contributed by atoms with E-state index in [4.69, 9.17) is 0 Å².